The first-order valence-corrected chi connectivity index (χ1v) is 6.81. The first kappa shape index (κ1) is 12.2. The zero-order valence-corrected chi connectivity index (χ0v) is 9.76. The molecule has 0 fully saturated rings. The molecule has 0 radical (unpaired) electrons. The van der Waals surface area contributed by atoms with Gasteiger partial charge in [-0.1, -0.05) is 37.6 Å². The molecule has 1 aromatic rings. The highest BCUT2D eigenvalue weighted by Gasteiger charge is 2.08. The Hall–Kier alpha value is -0.870. The summed E-state index contributed by atoms with van der Waals surface area (Å²) in [6.07, 6.45) is 3.09. The summed E-state index contributed by atoms with van der Waals surface area (Å²) in [4.78, 5) is 0. The lowest BCUT2D eigenvalue weighted by Crippen LogP contribution is -2.15. The topological polar surface area (TPSA) is 60.2 Å². The van der Waals surface area contributed by atoms with Gasteiger partial charge >= 0.3 is 0 Å². The molecule has 0 aliphatic carbocycles. The number of unbranched alkanes of at least 4 members (excludes halogenated alkanes) is 1. The van der Waals surface area contributed by atoms with Crippen LogP contribution in [0.2, 0.25) is 0 Å². The molecule has 0 bridgehead atoms. The molecule has 0 aliphatic heterocycles. The van der Waals surface area contributed by atoms with Crippen LogP contribution in [0, 0.1) is 0 Å². The van der Waals surface area contributed by atoms with E-state index in [9.17, 15) is 8.42 Å². The van der Waals surface area contributed by atoms with Gasteiger partial charge in [0.1, 0.15) is 0 Å². The Morgan fingerprint density at radius 1 is 1.20 bits per heavy atom. The Balaban J connectivity index is 2.86. The molecule has 0 spiro atoms. The molecule has 0 aromatic heterocycles. The molecule has 0 saturated heterocycles. The monoisotopic (exact) mass is 227 g/mol. The van der Waals surface area contributed by atoms with E-state index >= 15 is 0 Å². The van der Waals surface area contributed by atoms with Crippen LogP contribution < -0.4 is 5.14 Å². The van der Waals surface area contributed by atoms with Gasteiger partial charge in [0.15, 0.2) is 0 Å². The van der Waals surface area contributed by atoms with E-state index in [1.165, 1.54) is 0 Å². The maximum absolute atomic E-state index is 11.0. The molecule has 1 aromatic carbocycles. The predicted molar refractivity (Wildman–Crippen MR) is 61.9 cm³/mol. The van der Waals surface area contributed by atoms with Gasteiger partial charge in [0.2, 0.25) is 10.0 Å². The fourth-order valence-corrected chi connectivity index (χ4v) is 2.24. The van der Waals surface area contributed by atoms with Crippen LogP contribution in [0.15, 0.2) is 24.3 Å². The Kier molecular flexibility index (Phi) is 4.29. The minimum Gasteiger partial charge on any atom is -0.228 e. The quantitative estimate of drug-likeness (QED) is 0.834. The van der Waals surface area contributed by atoms with Crippen LogP contribution in [-0.4, -0.2) is 8.42 Å². The minimum atomic E-state index is -3.42. The van der Waals surface area contributed by atoms with Crippen molar-refractivity contribution in [3.63, 3.8) is 0 Å². The third-order valence-corrected chi connectivity index (χ3v) is 2.99. The maximum Gasteiger partial charge on any atom is 0.213 e. The van der Waals surface area contributed by atoms with Crippen molar-refractivity contribution in [2.24, 2.45) is 5.14 Å². The second-order valence-electron chi connectivity index (χ2n) is 3.68. The molecule has 4 heteroatoms. The Bertz CT molecular complexity index is 412. The smallest absolute Gasteiger partial charge is 0.213 e. The summed E-state index contributed by atoms with van der Waals surface area (Å²) < 4.78 is 22.0. The standard InChI is InChI=1S/C11H17NO2S/c1-2-3-6-10-7-4-5-8-11(10)9-15(12,13)14/h4-5,7-8H,2-3,6,9H2,1H3,(H2,12,13,14). The van der Waals surface area contributed by atoms with E-state index in [-0.39, 0.29) is 5.75 Å². The van der Waals surface area contributed by atoms with Gasteiger partial charge in [-0.2, -0.15) is 0 Å². The fourth-order valence-electron chi connectivity index (χ4n) is 1.53. The zero-order chi connectivity index (χ0) is 11.3. The number of rotatable bonds is 5. The van der Waals surface area contributed by atoms with Crippen LogP contribution in [0.1, 0.15) is 30.9 Å². The van der Waals surface area contributed by atoms with Gasteiger partial charge in [-0.15, -0.1) is 0 Å². The van der Waals surface area contributed by atoms with Gasteiger partial charge in [-0.25, -0.2) is 13.6 Å². The zero-order valence-electron chi connectivity index (χ0n) is 8.94. The summed E-state index contributed by atoms with van der Waals surface area (Å²) in [5, 5.41) is 5.04. The van der Waals surface area contributed by atoms with Crippen molar-refractivity contribution in [2.45, 2.75) is 31.9 Å². The van der Waals surface area contributed by atoms with E-state index in [0.29, 0.717) is 0 Å². The number of primary sulfonamides is 1. The van der Waals surface area contributed by atoms with Gasteiger partial charge in [0, 0.05) is 0 Å². The van der Waals surface area contributed by atoms with E-state index in [1.807, 2.05) is 24.3 Å². The molecular weight excluding hydrogens is 210 g/mol. The SMILES string of the molecule is CCCCc1ccccc1CS(N)(=O)=O. The Labute approximate surface area is 91.4 Å². The summed E-state index contributed by atoms with van der Waals surface area (Å²) >= 11 is 0. The highest BCUT2D eigenvalue weighted by molar-refractivity contribution is 7.88. The molecule has 84 valence electrons. The lowest BCUT2D eigenvalue weighted by atomic mass is 10.0. The van der Waals surface area contributed by atoms with Crippen LogP contribution in [0.4, 0.5) is 0 Å². The van der Waals surface area contributed by atoms with E-state index < -0.39 is 10.0 Å². The molecule has 0 heterocycles. The van der Waals surface area contributed by atoms with Gasteiger partial charge in [-0.3, -0.25) is 0 Å². The van der Waals surface area contributed by atoms with E-state index in [0.717, 1.165) is 30.4 Å². The first-order chi connectivity index (χ1) is 7.03. The molecule has 0 saturated carbocycles. The average Bonchev–Trinajstić information content (AvgIpc) is 2.14. The summed E-state index contributed by atoms with van der Waals surface area (Å²) in [6.45, 7) is 2.11. The molecule has 0 amide bonds. The third kappa shape index (κ3) is 4.44. The van der Waals surface area contributed by atoms with Crippen molar-refractivity contribution in [1.29, 1.82) is 0 Å². The Morgan fingerprint density at radius 2 is 1.80 bits per heavy atom. The molecular formula is C11H17NO2S. The largest absolute Gasteiger partial charge is 0.228 e. The molecule has 3 nitrogen and oxygen atoms in total. The second kappa shape index (κ2) is 5.28. The highest BCUT2D eigenvalue weighted by Crippen LogP contribution is 2.14. The van der Waals surface area contributed by atoms with Crippen LogP contribution in [0.3, 0.4) is 0 Å². The minimum absolute atomic E-state index is 0.0626. The summed E-state index contributed by atoms with van der Waals surface area (Å²) in [5.41, 5.74) is 1.92. The van der Waals surface area contributed by atoms with Crippen molar-refractivity contribution in [3.05, 3.63) is 35.4 Å². The first-order valence-electron chi connectivity index (χ1n) is 5.10. The predicted octanol–water partition coefficient (Wildman–Crippen LogP) is 1.82. The fraction of sp³-hybridized carbons (Fsp3) is 0.455. The lowest BCUT2D eigenvalue weighted by Gasteiger charge is -2.07. The van der Waals surface area contributed by atoms with Crippen molar-refractivity contribution in [2.75, 3.05) is 0 Å². The normalized spacial score (nSPS) is 11.6. The van der Waals surface area contributed by atoms with Crippen LogP contribution >= 0.6 is 0 Å². The molecule has 15 heavy (non-hydrogen) atoms. The molecule has 0 atom stereocenters. The molecule has 1 rings (SSSR count). The maximum atomic E-state index is 11.0. The van der Waals surface area contributed by atoms with Gasteiger partial charge in [0.05, 0.1) is 5.75 Å². The van der Waals surface area contributed by atoms with E-state index in [4.69, 9.17) is 5.14 Å². The molecule has 2 N–H and O–H groups in total. The molecule has 0 unspecified atom stereocenters. The number of hydrogen-bond donors (Lipinski definition) is 1. The number of sulfonamides is 1. The number of aryl methyl sites for hydroxylation is 1. The van der Waals surface area contributed by atoms with Gasteiger partial charge in [-0.05, 0) is 24.0 Å². The molecule has 0 aliphatic rings. The number of benzene rings is 1. The van der Waals surface area contributed by atoms with Crippen molar-refractivity contribution < 1.29 is 8.42 Å². The summed E-state index contributed by atoms with van der Waals surface area (Å²) in [6, 6.07) is 7.57. The number of nitrogens with two attached hydrogens (primary N) is 1. The van der Waals surface area contributed by atoms with Crippen LogP contribution in [0.5, 0.6) is 0 Å². The van der Waals surface area contributed by atoms with Crippen molar-refractivity contribution in [1.82, 2.24) is 0 Å². The van der Waals surface area contributed by atoms with Crippen molar-refractivity contribution in [3.8, 4) is 0 Å². The summed E-state index contributed by atoms with van der Waals surface area (Å²) in [7, 11) is -3.42. The van der Waals surface area contributed by atoms with E-state index in [2.05, 4.69) is 6.92 Å². The lowest BCUT2D eigenvalue weighted by molar-refractivity contribution is 0.596. The number of hydrogen-bond acceptors (Lipinski definition) is 2. The van der Waals surface area contributed by atoms with Gasteiger partial charge < -0.3 is 0 Å². The van der Waals surface area contributed by atoms with Crippen molar-refractivity contribution >= 4 is 10.0 Å². The summed E-state index contributed by atoms with van der Waals surface area (Å²) in [5.74, 6) is -0.0626. The van der Waals surface area contributed by atoms with E-state index in [1.54, 1.807) is 0 Å². The third-order valence-electron chi connectivity index (χ3n) is 2.27. The van der Waals surface area contributed by atoms with Crippen LogP contribution in [-0.2, 0) is 22.2 Å². The highest BCUT2D eigenvalue weighted by atomic mass is 32.2. The average molecular weight is 227 g/mol. The van der Waals surface area contributed by atoms with Crippen LogP contribution in [0.25, 0.3) is 0 Å². The Morgan fingerprint density at radius 3 is 2.33 bits per heavy atom. The second-order valence-corrected chi connectivity index (χ2v) is 5.29. The van der Waals surface area contributed by atoms with Gasteiger partial charge in [0.25, 0.3) is 0 Å².